The van der Waals surface area contributed by atoms with Crippen LogP contribution in [0, 0.1) is 0 Å². The number of unbranched alkanes of at least 4 members (excludes halogenated alkanes) is 14. The molecule has 1 N–H and O–H groups in total. The van der Waals surface area contributed by atoms with Crippen molar-refractivity contribution in [3.8, 4) is 0 Å². The molecule has 0 aromatic carbocycles. The van der Waals surface area contributed by atoms with Gasteiger partial charge >= 0.3 is 5.97 Å². The summed E-state index contributed by atoms with van der Waals surface area (Å²) in [6.07, 6.45) is 20.4. The van der Waals surface area contributed by atoms with E-state index in [9.17, 15) is 9.59 Å². The Kier molecular flexibility index (Phi) is 24.0. The SMILES string of the molecule is CCCCCCCCCCCCCCCCCC(=O)N(C)CCC(=O)O.[Na]. The van der Waals surface area contributed by atoms with Crippen molar-refractivity contribution in [1.82, 2.24) is 4.90 Å². The predicted octanol–water partition coefficient (Wildman–Crippen LogP) is 5.80. The molecule has 27 heavy (non-hydrogen) atoms. The average Bonchev–Trinajstić information content (AvgIpc) is 2.62. The van der Waals surface area contributed by atoms with Crippen LogP contribution in [-0.2, 0) is 9.59 Å². The largest absolute Gasteiger partial charge is 0.481 e. The van der Waals surface area contributed by atoms with Crippen molar-refractivity contribution < 1.29 is 14.7 Å². The molecule has 1 amide bonds. The zero-order valence-electron chi connectivity index (χ0n) is 18.4. The van der Waals surface area contributed by atoms with E-state index in [-0.39, 0.29) is 41.9 Å². The zero-order valence-corrected chi connectivity index (χ0v) is 20.4. The van der Waals surface area contributed by atoms with E-state index in [4.69, 9.17) is 5.11 Å². The molecule has 1 radical (unpaired) electrons. The molecule has 0 aromatic heterocycles. The second-order valence-electron chi connectivity index (χ2n) is 7.66. The molecule has 0 heterocycles. The maximum Gasteiger partial charge on any atom is 0.305 e. The van der Waals surface area contributed by atoms with E-state index >= 15 is 0 Å². The van der Waals surface area contributed by atoms with Crippen LogP contribution in [0.3, 0.4) is 0 Å². The quantitative estimate of drug-likeness (QED) is 0.223. The molecule has 0 saturated heterocycles. The average molecular weight is 393 g/mol. The van der Waals surface area contributed by atoms with Crippen LogP contribution >= 0.6 is 0 Å². The van der Waals surface area contributed by atoms with Gasteiger partial charge in [-0.25, -0.2) is 0 Å². The Morgan fingerprint density at radius 1 is 0.667 bits per heavy atom. The Hall–Kier alpha value is -0.0600. The molecule has 0 atom stereocenters. The second-order valence-corrected chi connectivity index (χ2v) is 7.66. The molecule has 0 unspecified atom stereocenters. The van der Waals surface area contributed by atoms with Crippen LogP contribution in [-0.4, -0.2) is 65.0 Å². The zero-order chi connectivity index (χ0) is 19.5. The molecule has 0 aliphatic rings. The maximum absolute atomic E-state index is 11.8. The van der Waals surface area contributed by atoms with Crippen LogP contribution in [0.5, 0.6) is 0 Å². The van der Waals surface area contributed by atoms with Gasteiger partial charge in [0.15, 0.2) is 0 Å². The first-order chi connectivity index (χ1) is 12.6. The van der Waals surface area contributed by atoms with Gasteiger partial charge in [-0.3, -0.25) is 9.59 Å². The molecule has 155 valence electrons. The number of carboxylic acids is 1. The van der Waals surface area contributed by atoms with Gasteiger partial charge in [-0.1, -0.05) is 96.8 Å². The molecule has 5 heteroatoms. The molecule has 0 fully saturated rings. The van der Waals surface area contributed by atoms with Crippen molar-refractivity contribution >= 4 is 41.4 Å². The first-order valence-electron chi connectivity index (χ1n) is 11.0. The topological polar surface area (TPSA) is 57.6 Å². The van der Waals surface area contributed by atoms with Crippen molar-refractivity contribution in [2.24, 2.45) is 0 Å². The molecule has 0 rings (SSSR count). The third-order valence-corrected chi connectivity index (χ3v) is 5.08. The smallest absolute Gasteiger partial charge is 0.305 e. The van der Waals surface area contributed by atoms with Gasteiger partial charge in [-0.2, -0.15) is 0 Å². The van der Waals surface area contributed by atoms with Gasteiger partial charge in [0.05, 0.1) is 6.42 Å². The summed E-state index contributed by atoms with van der Waals surface area (Å²) in [5, 5.41) is 8.62. The summed E-state index contributed by atoms with van der Waals surface area (Å²) >= 11 is 0. The first-order valence-corrected chi connectivity index (χ1v) is 11.0. The van der Waals surface area contributed by atoms with Crippen LogP contribution in [0.15, 0.2) is 0 Å². The van der Waals surface area contributed by atoms with E-state index in [0.717, 1.165) is 12.8 Å². The summed E-state index contributed by atoms with van der Waals surface area (Å²) in [4.78, 5) is 23.9. The van der Waals surface area contributed by atoms with Gasteiger partial charge < -0.3 is 10.0 Å². The van der Waals surface area contributed by atoms with Gasteiger partial charge in [-0.05, 0) is 6.42 Å². The summed E-state index contributed by atoms with van der Waals surface area (Å²) < 4.78 is 0. The number of carboxylic acid groups (broad SMARTS) is 1. The Morgan fingerprint density at radius 2 is 1.04 bits per heavy atom. The Morgan fingerprint density at radius 3 is 1.41 bits per heavy atom. The van der Waals surface area contributed by atoms with Gasteiger partial charge in [0.2, 0.25) is 5.91 Å². The number of carbonyl (C=O) groups excluding carboxylic acids is 1. The number of rotatable bonds is 19. The molecule has 4 nitrogen and oxygen atoms in total. The molecule has 0 aliphatic heterocycles. The van der Waals surface area contributed by atoms with Crippen LogP contribution in [0.25, 0.3) is 0 Å². The molecular formula is C22H43NNaO3. The number of hydrogen-bond donors (Lipinski definition) is 1. The van der Waals surface area contributed by atoms with Gasteiger partial charge in [0.1, 0.15) is 0 Å². The fraction of sp³-hybridized carbons (Fsp3) is 0.909. The standard InChI is InChI=1S/C22H43NO3.Na/c1-3-4-5-6-7-8-9-10-11-12-13-14-15-16-17-18-21(24)23(2)20-19-22(25)26;/h3-20H2,1-2H3,(H,25,26);. The van der Waals surface area contributed by atoms with Crippen molar-refractivity contribution in [3.05, 3.63) is 0 Å². The number of hydrogen-bond acceptors (Lipinski definition) is 2. The van der Waals surface area contributed by atoms with Crippen LogP contribution < -0.4 is 0 Å². The third kappa shape index (κ3) is 22.1. The summed E-state index contributed by atoms with van der Waals surface area (Å²) in [5.74, 6) is -0.780. The van der Waals surface area contributed by atoms with Gasteiger partial charge in [-0.15, -0.1) is 0 Å². The van der Waals surface area contributed by atoms with E-state index < -0.39 is 5.97 Å². The van der Waals surface area contributed by atoms with E-state index in [1.807, 2.05) is 0 Å². The van der Waals surface area contributed by atoms with Crippen molar-refractivity contribution in [3.63, 3.8) is 0 Å². The number of carbonyl (C=O) groups is 2. The fourth-order valence-electron chi connectivity index (χ4n) is 3.23. The molecule has 0 aromatic rings. The minimum Gasteiger partial charge on any atom is -0.481 e. The summed E-state index contributed by atoms with van der Waals surface area (Å²) in [5.41, 5.74) is 0. The first kappa shape index (κ1) is 29.1. The van der Waals surface area contributed by atoms with Crippen molar-refractivity contribution in [2.45, 2.75) is 116 Å². The van der Waals surface area contributed by atoms with E-state index in [1.54, 1.807) is 7.05 Å². The van der Waals surface area contributed by atoms with Crippen LogP contribution in [0.1, 0.15) is 116 Å². The minimum absolute atomic E-state index is 0. The summed E-state index contributed by atoms with van der Waals surface area (Å²) in [6, 6.07) is 0. The Balaban J connectivity index is 0. The van der Waals surface area contributed by atoms with Crippen molar-refractivity contribution in [1.29, 1.82) is 0 Å². The molecule has 0 spiro atoms. The predicted molar refractivity (Wildman–Crippen MR) is 115 cm³/mol. The molecular weight excluding hydrogens is 349 g/mol. The molecule has 0 aliphatic carbocycles. The Bertz CT molecular complexity index is 350. The van der Waals surface area contributed by atoms with Crippen molar-refractivity contribution in [2.75, 3.05) is 13.6 Å². The normalized spacial score (nSPS) is 10.4. The third-order valence-electron chi connectivity index (χ3n) is 5.08. The fourth-order valence-corrected chi connectivity index (χ4v) is 3.23. The number of nitrogens with zero attached hydrogens (tertiary/aromatic N) is 1. The molecule has 0 saturated carbocycles. The number of amides is 1. The van der Waals surface area contributed by atoms with Gasteiger partial charge in [0.25, 0.3) is 0 Å². The second kappa shape index (κ2) is 22.2. The number of aliphatic carboxylic acids is 1. The van der Waals surface area contributed by atoms with Crippen LogP contribution in [0.4, 0.5) is 0 Å². The van der Waals surface area contributed by atoms with E-state index in [2.05, 4.69) is 6.92 Å². The monoisotopic (exact) mass is 392 g/mol. The van der Waals surface area contributed by atoms with Gasteiger partial charge in [0, 0.05) is 49.6 Å². The molecule has 0 bridgehead atoms. The summed E-state index contributed by atoms with van der Waals surface area (Å²) in [7, 11) is 1.69. The van der Waals surface area contributed by atoms with E-state index in [1.165, 1.54) is 88.4 Å². The van der Waals surface area contributed by atoms with E-state index in [0.29, 0.717) is 13.0 Å². The maximum atomic E-state index is 11.8. The minimum atomic E-state index is -0.850. The summed E-state index contributed by atoms with van der Waals surface area (Å²) in [6.45, 7) is 2.58. The Labute approximate surface area is 190 Å². The van der Waals surface area contributed by atoms with Crippen LogP contribution in [0.2, 0.25) is 0 Å².